The van der Waals surface area contributed by atoms with E-state index >= 15 is 0 Å². The van der Waals surface area contributed by atoms with Crippen LogP contribution in [-0.4, -0.2) is 15.0 Å². The normalized spacial score (nSPS) is 10.6. The van der Waals surface area contributed by atoms with Crippen molar-refractivity contribution in [3.05, 3.63) is 103 Å². The van der Waals surface area contributed by atoms with Crippen LogP contribution in [0, 0.1) is 6.92 Å². The van der Waals surface area contributed by atoms with Crippen LogP contribution in [0.15, 0.2) is 70.5 Å². The SMILES string of the molecule is Cc1ccc(CNC(=O)Cn2ccn(Cc3ccc(Cl)cc3)c(=O)c2=O)cc1. The maximum absolute atomic E-state index is 12.3. The van der Waals surface area contributed by atoms with Gasteiger partial charge >= 0.3 is 11.1 Å². The second-order valence-corrected chi connectivity index (χ2v) is 6.99. The van der Waals surface area contributed by atoms with Gasteiger partial charge in [-0.15, -0.1) is 0 Å². The first-order chi connectivity index (χ1) is 13.4. The molecule has 6 nitrogen and oxygen atoms in total. The highest BCUT2D eigenvalue weighted by molar-refractivity contribution is 6.30. The minimum Gasteiger partial charge on any atom is -0.350 e. The average molecular weight is 398 g/mol. The van der Waals surface area contributed by atoms with E-state index in [2.05, 4.69) is 5.32 Å². The molecule has 1 N–H and O–H groups in total. The Labute approximate surface area is 167 Å². The summed E-state index contributed by atoms with van der Waals surface area (Å²) >= 11 is 5.85. The Bertz CT molecular complexity index is 1080. The summed E-state index contributed by atoms with van der Waals surface area (Å²) in [5.41, 5.74) is 1.54. The zero-order valence-electron chi connectivity index (χ0n) is 15.4. The van der Waals surface area contributed by atoms with Crippen LogP contribution in [0.1, 0.15) is 16.7 Å². The average Bonchev–Trinajstić information content (AvgIpc) is 2.69. The third kappa shape index (κ3) is 4.98. The Balaban J connectivity index is 1.65. The fraction of sp³-hybridized carbons (Fsp3) is 0.190. The molecule has 0 aliphatic carbocycles. The van der Waals surface area contributed by atoms with Crippen molar-refractivity contribution in [1.82, 2.24) is 14.5 Å². The number of aryl methyl sites for hydroxylation is 1. The number of hydrogen-bond acceptors (Lipinski definition) is 3. The molecular weight excluding hydrogens is 378 g/mol. The molecule has 0 fully saturated rings. The highest BCUT2D eigenvalue weighted by Crippen LogP contribution is 2.09. The molecule has 1 aromatic heterocycles. The van der Waals surface area contributed by atoms with Gasteiger partial charge in [0.25, 0.3) is 0 Å². The van der Waals surface area contributed by atoms with Crippen molar-refractivity contribution < 1.29 is 4.79 Å². The van der Waals surface area contributed by atoms with Crippen molar-refractivity contribution in [2.24, 2.45) is 0 Å². The second-order valence-electron chi connectivity index (χ2n) is 6.55. The van der Waals surface area contributed by atoms with E-state index in [-0.39, 0.29) is 19.0 Å². The molecule has 7 heteroatoms. The quantitative estimate of drug-likeness (QED) is 0.649. The fourth-order valence-corrected chi connectivity index (χ4v) is 2.82. The molecule has 0 bridgehead atoms. The molecule has 0 unspecified atom stereocenters. The van der Waals surface area contributed by atoms with Crippen molar-refractivity contribution in [3.63, 3.8) is 0 Å². The number of carbonyl (C=O) groups excluding carboxylic acids is 1. The molecule has 0 spiro atoms. The summed E-state index contributed by atoms with van der Waals surface area (Å²) in [6.07, 6.45) is 2.96. The summed E-state index contributed by atoms with van der Waals surface area (Å²) in [4.78, 5) is 36.8. The Morgan fingerprint density at radius 1 is 0.893 bits per heavy atom. The van der Waals surface area contributed by atoms with Gasteiger partial charge < -0.3 is 9.88 Å². The van der Waals surface area contributed by atoms with Gasteiger partial charge in [-0.25, -0.2) is 0 Å². The molecule has 0 aliphatic rings. The Kier molecular flexibility index (Phi) is 6.11. The molecule has 0 atom stereocenters. The van der Waals surface area contributed by atoms with E-state index in [1.165, 1.54) is 17.0 Å². The predicted octanol–water partition coefficient (Wildman–Crippen LogP) is 2.34. The van der Waals surface area contributed by atoms with Crippen LogP contribution in [0.5, 0.6) is 0 Å². The van der Waals surface area contributed by atoms with Crippen LogP contribution in [0.3, 0.4) is 0 Å². The highest BCUT2D eigenvalue weighted by Gasteiger charge is 2.09. The molecule has 0 saturated carbocycles. The van der Waals surface area contributed by atoms with Crippen molar-refractivity contribution in [2.45, 2.75) is 26.6 Å². The number of benzene rings is 2. The smallest absolute Gasteiger partial charge is 0.316 e. The lowest BCUT2D eigenvalue weighted by molar-refractivity contribution is -0.121. The van der Waals surface area contributed by atoms with Crippen LogP contribution >= 0.6 is 11.6 Å². The summed E-state index contributed by atoms with van der Waals surface area (Å²) in [7, 11) is 0. The zero-order chi connectivity index (χ0) is 20.1. The Hall–Kier alpha value is -3.12. The number of nitrogens with zero attached hydrogens (tertiary/aromatic N) is 2. The van der Waals surface area contributed by atoms with E-state index in [1.54, 1.807) is 24.3 Å². The third-order valence-corrected chi connectivity index (χ3v) is 4.57. The standard InChI is InChI=1S/C21H20ClN3O3/c1-15-2-4-16(5-3-15)12-23-19(26)14-25-11-10-24(20(27)21(25)28)13-17-6-8-18(22)9-7-17/h2-11H,12-14H2,1H3,(H,23,26). The van der Waals surface area contributed by atoms with Crippen LogP contribution in [0.4, 0.5) is 0 Å². The van der Waals surface area contributed by atoms with Crippen LogP contribution < -0.4 is 16.4 Å². The molecule has 0 radical (unpaired) electrons. The molecule has 144 valence electrons. The largest absolute Gasteiger partial charge is 0.350 e. The zero-order valence-corrected chi connectivity index (χ0v) is 16.1. The van der Waals surface area contributed by atoms with E-state index < -0.39 is 11.1 Å². The van der Waals surface area contributed by atoms with Crippen LogP contribution in [0.25, 0.3) is 0 Å². The number of carbonyl (C=O) groups is 1. The van der Waals surface area contributed by atoms with E-state index in [0.29, 0.717) is 11.6 Å². The van der Waals surface area contributed by atoms with Gasteiger partial charge in [-0.1, -0.05) is 53.6 Å². The predicted molar refractivity (Wildman–Crippen MR) is 109 cm³/mol. The topological polar surface area (TPSA) is 73.1 Å². The van der Waals surface area contributed by atoms with Crippen molar-refractivity contribution in [2.75, 3.05) is 0 Å². The fourth-order valence-electron chi connectivity index (χ4n) is 2.69. The van der Waals surface area contributed by atoms with Gasteiger partial charge in [0, 0.05) is 24.0 Å². The van der Waals surface area contributed by atoms with Crippen LogP contribution in [0.2, 0.25) is 5.02 Å². The molecule has 28 heavy (non-hydrogen) atoms. The van der Waals surface area contributed by atoms with Gasteiger partial charge in [0.2, 0.25) is 5.91 Å². The summed E-state index contributed by atoms with van der Waals surface area (Å²) in [5, 5.41) is 3.35. The minimum atomic E-state index is -0.734. The third-order valence-electron chi connectivity index (χ3n) is 4.32. The molecule has 3 aromatic rings. The van der Waals surface area contributed by atoms with E-state index in [4.69, 9.17) is 11.6 Å². The van der Waals surface area contributed by atoms with Crippen molar-refractivity contribution >= 4 is 17.5 Å². The highest BCUT2D eigenvalue weighted by atomic mass is 35.5. The number of halogens is 1. The van der Waals surface area contributed by atoms with E-state index in [9.17, 15) is 14.4 Å². The van der Waals surface area contributed by atoms with E-state index in [0.717, 1.165) is 21.3 Å². The summed E-state index contributed by atoms with van der Waals surface area (Å²) in [5.74, 6) is -0.336. The molecule has 2 aromatic carbocycles. The maximum Gasteiger partial charge on any atom is 0.316 e. The molecule has 3 rings (SSSR count). The van der Waals surface area contributed by atoms with Gasteiger partial charge in [0.05, 0.1) is 6.54 Å². The summed E-state index contributed by atoms with van der Waals surface area (Å²) in [6.45, 7) is 2.40. The number of nitrogens with one attached hydrogen (secondary N) is 1. The first kappa shape index (κ1) is 19.6. The Morgan fingerprint density at radius 3 is 2.14 bits per heavy atom. The number of hydrogen-bond donors (Lipinski definition) is 1. The van der Waals surface area contributed by atoms with Gasteiger partial charge in [0.1, 0.15) is 6.54 Å². The second kappa shape index (κ2) is 8.71. The molecule has 0 saturated heterocycles. The monoisotopic (exact) mass is 397 g/mol. The molecular formula is C21H20ClN3O3. The van der Waals surface area contributed by atoms with Gasteiger partial charge in [-0.3, -0.25) is 19.0 Å². The number of amides is 1. The van der Waals surface area contributed by atoms with Crippen LogP contribution in [-0.2, 0) is 24.4 Å². The lowest BCUT2D eigenvalue weighted by Gasteiger charge is -2.10. The van der Waals surface area contributed by atoms with Gasteiger partial charge in [-0.05, 0) is 30.2 Å². The number of rotatable bonds is 6. The maximum atomic E-state index is 12.3. The lowest BCUT2D eigenvalue weighted by atomic mass is 10.1. The molecule has 0 aliphatic heterocycles. The first-order valence-electron chi connectivity index (χ1n) is 8.79. The molecule has 1 heterocycles. The van der Waals surface area contributed by atoms with E-state index in [1.807, 2.05) is 31.2 Å². The lowest BCUT2D eigenvalue weighted by Crippen LogP contribution is -2.43. The molecule has 1 amide bonds. The van der Waals surface area contributed by atoms with Crippen molar-refractivity contribution in [3.8, 4) is 0 Å². The first-order valence-corrected chi connectivity index (χ1v) is 9.17. The van der Waals surface area contributed by atoms with Crippen molar-refractivity contribution in [1.29, 1.82) is 0 Å². The van der Waals surface area contributed by atoms with Gasteiger partial charge in [-0.2, -0.15) is 0 Å². The Morgan fingerprint density at radius 2 is 1.46 bits per heavy atom. The van der Waals surface area contributed by atoms with Gasteiger partial charge in [0.15, 0.2) is 0 Å². The summed E-state index contributed by atoms with van der Waals surface area (Å²) in [6, 6.07) is 14.8. The summed E-state index contributed by atoms with van der Waals surface area (Å²) < 4.78 is 2.43. The number of aromatic nitrogens is 2. The minimum absolute atomic E-state index is 0.207.